The van der Waals surface area contributed by atoms with E-state index in [1.54, 1.807) is 30.3 Å². The van der Waals surface area contributed by atoms with Crippen LogP contribution in [-0.2, 0) is 4.79 Å². The lowest BCUT2D eigenvalue weighted by Gasteiger charge is -2.14. The Morgan fingerprint density at radius 3 is 2.15 bits per heavy atom. The third-order valence-corrected chi connectivity index (χ3v) is 7.81. The molecule has 0 aliphatic carbocycles. The van der Waals surface area contributed by atoms with Gasteiger partial charge in [0.1, 0.15) is 0 Å². The number of carboxylic acid groups (broad SMARTS) is 1. The highest BCUT2D eigenvalue weighted by Gasteiger charge is 2.29. The molecule has 0 radical (unpaired) electrons. The first-order chi connectivity index (χ1) is 16.1. The van der Waals surface area contributed by atoms with E-state index in [0.717, 1.165) is 4.47 Å². The van der Waals surface area contributed by atoms with Gasteiger partial charge in [-0.05, 0) is 46.3 Å². The first kappa shape index (κ1) is 26.7. The van der Waals surface area contributed by atoms with Gasteiger partial charge in [0.15, 0.2) is 0 Å². The summed E-state index contributed by atoms with van der Waals surface area (Å²) >= 11 is 28.7. The SMILES string of the molecule is O=C(CSc1cccc(NC(=O)c2c(Cl)c(Cl)c(Cl)c(Cl)c2C(=O)O)c1)Nc1ccccc1Br. The van der Waals surface area contributed by atoms with Crippen LogP contribution in [0.1, 0.15) is 20.7 Å². The molecule has 0 heterocycles. The number of para-hydroxylation sites is 1. The number of carboxylic acids is 1. The van der Waals surface area contributed by atoms with E-state index in [1.165, 1.54) is 11.8 Å². The van der Waals surface area contributed by atoms with E-state index >= 15 is 0 Å². The molecule has 3 rings (SSSR count). The highest BCUT2D eigenvalue weighted by molar-refractivity contribution is 9.10. The summed E-state index contributed by atoms with van der Waals surface area (Å²) in [4.78, 5) is 37.6. The van der Waals surface area contributed by atoms with E-state index in [-0.39, 0.29) is 26.7 Å². The Morgan fingerprint density at radius 2 is 1.50 bits per heavy atom. The predicted molar refractivity (Wildman–Crippen MR) is 141 cm³/mol. The Hall–Kier alpha value is -1.94. The molecule has 176 valence electrons. The predicted octanol–water partition coefficient (Wildman–Crippen LogP) is 7.74. The highest BCUT2D eigenvalue weighted by Crippen LogP contribution is 2.42. The van der Waals surface area contributed by atoms with Crippen LogP contribution in [0, 0.1) is 0 Å². The van der Waals surface area contributed by atoms with Crippen LogP contribution < -0.4 is 10.6 Å². The molecular weight excluding hydrogens is 610 g/mol. The standard InChI is InChI=1S/C22H13BrCl4N2O4S/c23-12-6-1-2-7-13(12)29-14(30)9-34-11-5-3-4-10(8-11)28-21(31)15-16(22(32)33)18(25)20(27)19(26)17(15)24/h1-8H,9H2,(H,28,31)(H,29,30)(H,32,33). The molecule has 0 unspecified atom stereocenters. The van der Waals surface area contributed by atoms with Crippen LogP contribution in [0.15, 0.2) is 57.9 Å². The number of halogens is 5. The molecule has 0 spiro atoms. The zero-order valence-electron chi connectivity index (χ0n) is 16.8. The van der Waals surface area contributed by atoms with E-state index in [0.29, 0.717) is 16.3 Å². The molecule has 0 fully saturated rings. The van der Waals surface area contributed by atoms with Crippen LogP contribution in [0.25, 0.3) is 0 Å². The number of rotatable bonds is 7. The van der Waals surface area contributed by atoms with Gasteiger partial charge in [-0.25, -0.2) is 4.79 Å². The Balaban J connectivity index is 1.75. The van der Waals surface area contributed by atoms with Crippen LogP contribution >= 0.6 is 74.1 Å². The maximum Gasteiger partial charge on any atom is 0.338 e. The second-order valence-corrected chi connectivity index (χ2v) is 10.0. The Labute approximate surface area is 227 Å². The molecule has 0 aliphatic heterocycles. The van der Waals surface area contributed by atoms with Crippen LogP contribution in [0.2, 0.25) is 20.1 Å². The summed E-state index contributed by atoms with van der Waals surface area (Å²) in [7, 11) is 0. The van der Waals surface area contributed by atoms with Gasteiger partial charge < -0.3 is 15.7 Å². The van der Waals surface area contributed by atoms with Crippen molar-refractivity contribution in [3.8, 4) is 0 Å². The number of nitrogens with one attached hydrogen (secondary N) is 2. The van der Waals surface area contributed by atoms with E-state index in [2.05, 4.69) is 26.6 Å². The smallest absolute Gasteiger partial charge is 0.338 e. The lowest BCUT2D eigenvalue weighted by molar-refractivity contribution is -0.113. The normalized spacial score (nSPS) is 10.6. The van der Waals surface area contributed by atoms with Crippen molar-refractivity contribution < 1.29 is 19.5 Å². The van der Waals surface area contributed by atoms with E-state index in [1.807, 2.05) is 18.2 Å². The monoisotopic (exact) mass is 620 g/mol. The fourth-order valence-electron chi connectivity index (χ4n) is 2.80. The third-order valence-electron chi connectivity index (χ3n) is 4.32. The van der Waals surface area contributed by atoms with E-state index in [4.69, 9.17) is 46.4 Å². The van der Waals surface area contributed by atoms with E-state index in [9.17, 15) is 19.5 Å². The minimum absolute atomic E-state index is 0.121. The third kappa shape index (κ3) is 6.19. The van der Waals surface area contributed by atoms with Crippen LogP contribution in [-0.4, -0.2) is 28.6 Å². The molecular formula is C22H13BrCl4N2O4S. The van der Waals surface area contributed by atoms with Crippen molar-refractivity contribution in [2.24, 2.45) is 0 Å². The molecule has 0 saturated heterocycles. The summed E-state index contributed by atoms with van der Waals surface area (Å²) < 4.78 is 0.764. The van der Waals surface area contributed by atoms with Crippen molar-refractivity contribution in [3.63, 3.8) is 0 Å². The van der Waals surface area contributed by atoms with Crippen molar-refractivity contribution in [2.75, 3.05) is 16.4 Å². The van der Waals surface area contributed by atoms with Gasteiger partial charge in [-0.15, -0.1) is 11.8 Å². The molecule has 0 aliphatic rings. The number of thioether (sulfide) groups is 1. The maximum absolute atomic E-state index is 12.9. The number of amides is 2. The lowest BCUT2D eigenvalue weighted by Crippen LogP contribution is -2.18. The Kier molecular flexibility index (Phi) is 9.14. The molecule has 2 amide bonds. The quantitative estimate of drug-likeness (QED) is 0.142. The first-order valence-electron chi connectivity index (χ1n) is 9.28. The number of hydrogen-bond donors (Lipinski definition) is 3. The summed E-state index contributed by atoms with van der Waals surface area (Å²) in [5.41, 5.74) is 0.0172. The molecule has 0 atom stereocenters. The molecule has 12 heteroatoms. The van der Waals surface area contributed by atoms with Crippen molar-refractivity contribution >= 4 is 103 Å². The number of benzene rings is 3. The second kappa shape index (κ2) is 11.7. The fourth-order valence-corrected chi connectivity index (χ4v) is 4.96. The molecule has 0 bridgehead atoms. The van der Waals surface area contributed by atoms with Crippen molar-refractivity contribution in [3.05, 3.63) is 84.2 Å². The molecule has 0 saturated carbocycles. The largest absolute Gasteiger partial charge is 0.478 e. The number of hydrogen-bond acceptors (Lipinski definition) is 4. The van der Waals surface area contributed by atoms with Gasteiger partial charge >= 0.3 is 5.97 Å². The van der Waals surface area contributed by atoms with Gasteiger partial charge in [0.2, 0.25) is 5.91 Å². The average Bonchev–Trinajstić information content (AvgIpc) is 2.80. The maximum atomic E-state index is 12.9. The zero-order chi connectivity index (χ0) is 25.0. The summed E-state index contributed by atoms with van der Waals surface area (Å²) in [6, 6.07) is 13.9. The highest BCUT2D eigenvalue weighted by atomic mass is 79.9. The number of aromatic carboxylic acids is 1. The fraction of sp³-hybridized carbons (Fsp3) is 0.0455. The van der Waals surface area contributed by atoms with Crippen LogP contribution in [0.3, 0.4) is 0 Å². The molecule has 0 aromatic heterocycles. The summed E-state index contributed by atoms with van der Waals surface area (Å²) in [6.45, 7) is 0. The molecule has 3 aromatic carbocycles. The number of anilines is 2. The topological polar surface area (TPSA) is 95.5 Å². The Morgan fingerprint density at radius 1 is 0.853 bits per heavy atom. The van der Waals surface area contributed by atoms with Crippen molar-refractivity contribution in [2.45, 2.75) is 4.90 Å². The molecule has 6 nitrogen and oxygen atoms in total. The van der Waals surface area contributed by atoms with Gasteiger partial charge in [0.25, 0.3) is 5.91 Å². The van der Waals surface area contributed by atoms with Crippen molar-refractivity contribution in [1.82, 2.24) is 0 Å². The first-order valence-corrected chi connectivity index (χ1v) is 12.6. The molecule has 3 N–H and O–H groups in total. The lowest BCUT2D eigenvalue weighted by atomic mass is 10.1. The average molecular weight is 623 g/mol. The second-order valence-electron chi connectivity index (χ2n) is 6.61. The van der Waals surface area contributed by atoms with Crippen molar-refractivity contribution in [1.29, 1.82) is 0 Å². The van der Waals surface area contributed by atoms with Gasteiger partial charge in [0, 0.05) is 15.1 Å². The molecule has 3 aromatic rings. The minimum atomic E-state index is -1.49. The van der Waals surface area contributed by atoms with Crippen LogP contribution in [0.5, 0.6) is 0 Å². The Bertz CT molecular complexity index is 1310. The zero-order valence-corrected chi connectivity index (χ0v) is 22.2. The number of carbonyl (C=O) groups is 3. The van der Waals surface area contributed by atoms with Crippen LogP contribution in [0.4, 0.5) is 11.4 Å². The minimum Gasteiger partial charge on any atom is -0.478 e. The van der Waals surface area contributed by atoms with Gasteiger partial charge in [0.05, 0.1) is 42.7 Å². The van der Waals surface area contributed by atoms with E-state index < -0.39 is 28.0 Å². The summed E-state index contributed by atoms with van der Waals surface area (Å²) in [6.07, 6.45) is 0. The van der Waals surface area contributed by atoms with Gasteiger partial charge in [-0.1, -0.05) is 64.6 Å². The van der Waals surface area contributed by atoms with Gasteiger partial charge in [-0.3, -0.25) is 9.59 Å². The molecule has 34 heavy (non-hydrogen) atoms. The number of carbonyl (C=O) groups excluding carboxylic acids is 2. The van der Waals surface area contributed by atoms with Gasteiger partial charge in [-0.2, -0.15) is 0 Å². The summed E-state index contributed by atoms with van der Waals surface area (Å²) in [5.74, 6) is -2.42. The summed E-state index contributed by atoms with van der Waals surface area (Å²) in [5, 5.41) is 13.7.